The van der Waals surface area contributed by atoms with Crippen molar-refractivity contribution in [2.24, 2.45) is 0 Å². The SMILES string of the molecule is O=[C-]O.O=[C-]O.O=[C-]O.[Cr+4].[c-]1ccccc1. The molecule has 6 nitrogen and oxygen atoms in total. The predicted molar refractivity (Wildman–Crippen MR) is 50.2 cm³/mol. The van der Waals surface area contributed by atoms with Gasteiger partial charge in [-0.05, 0) is 0 Å². The summed E-state index contributed by atoms with van der Waals surface area (Å²) in [6.45, 7) is 1.50. The molecule has 0 saturated carbocycles. The molecule has 1 aromatic rings. The molecule has 1 aromatic carbocycles. The number of aliphatic hydroxyl groups excluding tert-OH is 3. The van der Waals surface area contributed by atoms with Crippen LogP contribution in [0.3, 0.4) is 0 Å². The van der Waals surface area contributed by atoms with Crippen LogP contribution in [0.4, 0.5) is 0 Å². The standard InChI is InChI=1S/C6H5.3CHO2.Cr/c1-2-4-6-5-3-1;3*2-1-3;/h1-5H;3*(H,2,3);/q4*-1;+4. The van der Waals surface area contributed by atoms with Gasteiger partial charge in [0.25, 0.3) is 0 Å². The first-order chi connectivity index (χ1) is 7.24. The first kappa shape index (κ1) is 23.8. The van der Waals surface area contributed by atoms with E-state index in [4.69, 9.17) is 29.7 Å². The Labute approximate surface area is 103 Å². The van der Waals surface area contributed by atoms with Crippen molar-refractivity contribution >= 4 is 19.4 Å². The third-order valence-corrected chi connectivity index (χ3v) is 0.607. The molecule has 0 heterocycles. The second kappa shape index (κ2) is 38.0. The Balaban J connectivity index is -0.0000000637. The fraction of sp³-hybridized carbons (Fsp3) is 0. The summed E-state index contributed by atoms with van der Waals surface area (Å²) >= 11 is 0. The maximum absolute atomic E-state index is 8.24. The minimum atomic E-state index is 0. The van der Waals surface area contributed by atoms with E-state index < -0.39 is 0 Å². The zero-order chi connectivity index (χ0) is 12.4. The van der Waals surface area contributed by atoms with Crippen LogP contribution < -0.4 is 0 Å². The van der Waals surface area contributed by atoms with Gasteiger partial charge in [0.2, 0.25) is 0 Å². The molecule has 0 spiro atoms. The van der Waals surface area contributed by atoms with Crippen LogP contribution in [-0.2, 0) is 31.7 Å². The van der Waals surface area contributed by atoms with E-state index in [-0.39, 0.29) is 17.4 Å². The average Bonchev–Trinajstić information content (AvgIpc) is 2.24. The molecule has 0 fully saturated rings. The van der Waals surface area contributed by atoms with Crippen LogP contribution in [0.1, 0.15) is 0 Å². The molecule has 0 bridgehead atoms. The van der Waals surface area contributed by atoms with Crippen LogP contribution in [0.15, 0.2) is 30.3 Å². The summed E-state index contributed by atoms with van der Waals surface area (Å²) in [4.78, 5) is 24.7. The van der Waals surface area contributed by atoms with E-state index in [0.717, 1.165) is 0 Å². The van der Waals surface area contributed by atoms with Crippen molar-refractivity contribution in [1.82, 2.24) is 0 Å². The Morgan fingerprint density at radius 3 is 1.06 bits per heavy atom. The van der Waals surface area contributed by atoms with E-state index in [1.165, 1.54) is 0 Å². The van der Waals surface area contributed by atoms with Crippen molar-refractivity contribution < 1.29 is 47.1 Å². The van der Waals surface area contributed by atoms with Gasteiger partial charge in [-0.25, -0.2) is 0 Å². The van der Waals surface area contributed by atoms with Gasteiger partial charge < -0.3 is 29.7 Å². The van der Waals surface area contributed by atoms with Crippen LogP contribution in [0, 0.1) is 6.07 Å². The summed E-state index contributed by atoms with van der Waals surface area (Å²) in [7, 11) is 0. The van der Waals surface area contributed by atoms with E-state index >= 15 is 0 Å². The molecule has 0 aliphatic carbocycles. The van der Waals surface area contributed by atoms with Gasteiger partial charge in [-0.15, -0.1) is 0 Å². The Bertz CT molecular complexity index is 176. The molecule has 86 valence electrons. The molecule has 0 aliphatic rings. The van der Waals surface area contributed by atoms with Gasteiger partial charge in [-0.1, -0.05) is 19.4 Å². The van der Waals surface area contributed by atoms with Crippen LogP contribution >= 0.6 is 0 Å². The summed E-state index contributed by atoms with van der Waals surface area (Å²) in [5, 5.41) is 20.3. The van der Waals surface area contributed by atoms with Crippen molar-refractivity contribution in [1.29, 1.82) is 0 Å². The maximum Gasteiger partial charge on any atom is 4.00 e. The molecule has 0 unspecified atom stereocenters. The topological polar surface area (TPSA) is 112 Å². The van der Waals surface area contributed by atoms with Gasteiger partial charge in [0.1, 0.15) is 0 Å². The Morgan fingerprint density at radius 1 is 0.750 bits per heavy atom. The predicted octanol–water partition coefficient (Wildman–Crippen LogP) is 0.319. The van der Waals surface area contributed by atoms with Crippen molar-refractivity contribution in [3.05, 3.63) is 36.4 Å². The molecule has 16 heavy (non-hydrogen) atoms. The summed E-state index contributed by atoms with van der Waals surface area (Å²) in [5.74, 6) is 0. The third kappa shape index (κ3) is 87.5. The number of rotatable bonds is 0. The van der Waals surface area contributed by atoms with Gasteiger partial charge in [0.15, 0.2) is 0 Å². The second-order valence-corrected chi connectivity index (χ2v) is 1.35. The molecule has 0 radical (unpaired) electrons. The summed E-state index contributed by atoms with van der Waals surface area (Å²) in [6.07, 6.45) is 0. The number of benzene rings is 1. The average molecular weight is 264 g/mol. The van der Waals surface area contributed by atoms with Crippen LogP contribution in [0.5, 0.6) is 0 Å². The Morgan fingerprint density at radius 2 is 1.00 bits per heavy atom. The first-order valence-corrected chi connectivity index (χ1v) is 3.19. The molecule has 0 amide bonds. The van der Waals surface area contributed by atoms with Crippen molar-refractivity contribution in [3.63, 3.8) is 0 Å². The van der Waals surface area contributed by atoms with Crippen molar-refractivity contribution in [2.75, 3.05) is 0 Å². The largest absolute Gasteiger partial charge is 4.00 e. The zero-order valence-electron chi connectivity index (χ0n) is 7.86. The van der Waals surface area contributed by atoms with E-state index in [1.807, 2.05) is 30.3 Å². The van der Waals surface area contributed by atoms with Crippen LogP contribution in [0.2, 0.25) is 0 Å². The van der Waals surface area contributed by atoms with E-state index in [9.17, 15) is 0 Å². The van der Waals surface area contributed by atoms with Crippen molar-refractivity contribution in [2.45, 2.75) is 0 Å². The van der Waals surface area contributed by atoms with Gasteiger partial charge >= 0.3 is 17.4 Å². The van der Waals surface area contributed by atoms with E-state index in [2.05, 4.69) is 6.07 Å². The Kier molecular flexibility index (Phi) is 56.4. The minimum absolute atomic E-state index is 0. The fourth-order valence-corrected chi connectivity index (χ4v) is 0.342. The van der Waals surface area contributed by atoms with Crippen LogP contribution in [-0.4, -0.2) is 34.7 Å². The second-order valence-electron chi connectivity index (χ2n) is 1.35. The molecule has 0 aromatic heterocycles. The Hall–Kier alpha value is -1.84. The quantitative estimate of drug-likeness (QED) is 0.582. The third-order valence-electron chi connectivity index (χ3n) is 0.607. The number of hydrogen-bond acceptors (Lipinski definition) is 3. The summed E-state index contributed by atoms with van der Waals surface area (Å²) in [5.41, 5.74) is 0. The van der Waals surface area contributed by atoms with Gasteiger partial charge in [-0.2, -0.15) is 36.4 Å². The zero-order valence-corrected chi connectivity index (χ0v) is 9.14. The van der Waals surface area contributed by atoms with Gasteiger partial charge in [-0.3, -0.25) is 0 Å². The first-order valence-electron chi connectivity index (χ1n) is 3.19. The molecule has 0 aliphatic heterocycles. The molecular weight excluding hydrogens is 256 g/mol. The summed E-state index contributed by atoms with van der Waals surface area (Å²) in [6, 6.07) is 12.5. The molecule has 3 N–H and O–H groups in total. The van der Waals surface area contributed by atoms with Crippen LogP contribution in [0.25, 0.3) is 0 Å². The van der Waals surface area contributed by atoms with Crippen molar-refractivity contribution in [3.8, 4) is 0 Å². The molecular formula is C9H8CrO6. The smallest absolute Gasteiger partial charge is 0.665 e. The number of hydrogen-bond donors (Lipinski definition) is 3. The summed E-state index contributed by atoms with van der Waals surface area (Å²) < 4.78 is 0. The van der Waals surface area contributed by atoms with Gasteiger partial charge in [0, 0.05) is 0 Å². The monoisotopic (exact) mass is 264 g/mol. The van der Waals surface area contributed by atoms with E-state index in [0.29, 0.717) is 19.4 Å². The molecule has 0 atom stereocenters. The van der Waals surface area contributed by atoms with Gasteiger partial charge in [0.05, 0.1) is 0 Å². The fourth-order valence-electron chi connectivity index (χ4n) is 0.342. The van der Waals surface area contributed by atoms with E-state index in [1.54, 1.807) is 0 Å². The minimum Gasteiger partial charge on any atom is -0.665 e. The normalized spacial score (nSPS) is 5.25. The molecule has 7 heteroatoms. The maximum atomic E-state index is 8.24. The molecule has 0 saturated heterocycles. The molecule has 1 rings (SSSR count).